The number of aromatic amines is 1. The van der Waals surface area contributed by atoms with Crippen LogP contribution in [0.1, 0.15) is 0 Å². The molecule has 7 nitrogen and oxygen atoms in total. The van der Waals surface area contributed by atoms with Crippen LogP contribution in [0.5, 0.6) is 0 Å². The number of nitrogens with one attached hydrogen (secondary N) is 1. The zero-order valence-corrected chi connectivity index (χ0v) is 11.6. The zero-order chi connectivity index (χ0) is 16.0. The number of non-ortho nitro benzene ring substituents is 1. The van der Waals surface area contributed by atoms with Gasteiger partial charge >= 0.3 is 5.63 Å². The maximum atomic E-state index is 12.2. The molecule has 0 fully saturated rings. The molecule has 4 rings (SSSR count). The van der Waals surface area contributed by atoms with Crippen LogP contribution in [-0.2, 0) is 0 Å². The SMILES string of the molecule is O=c1oc2cc([N+](=O)[O-])ccc2cc1-c1nc2ccccc2[nH]1. The van der Waals surface area contributed by atoms with Crippen molar-refractivity contribution in [2.75, 3.05) is 0 Å². The van der Waals surface area contributed by atoms with E-state index in [2.05, 4.69) is 9.97 Å². The molecule has 0 amide bonds. The van der Waals surface area contributed by atoms with Gasteiger partial charge in [0.05, 0.1) is 22.0 Å². The van der Waals surface area contributed by atoms with Gasteiger partial charge in [-0.1, -0.05) is 12.1 Å². The molecule has 112 valence electrons. The van der Waals surface area contributed by atoms with Crippen molar-refractivity contribution >= 4 is 27.7 Å². The molecule has 0 aliphatic heterocycles. The van der Waals surface area contributed by atoms with Gasteiger partial charge in [0.25, 0.3) is 5.69 Å². The van der Waals surface area contributed by atoms with Gasteiger partial charge < -0.3 is 9.40 Å². The molecule has 2 aromatic carbocycles. The van der Waals surface area contributed by atoms with E-state index in [1.807, 2.05) is 24.3 Å². The summed E-state index contributed by atoms with van der Waals surface area (Å²) in [6.45, 7) is 0. The van der Waals surface area contributed by atoms with Crippen molar-refractivity contribution in [3.63, 3.8) is 0 Å². The van der Waals surface area contributed by atoms with Gasteiger partial charge in [0, 0.05) is 11.5 Å². The number of nitro benzene ring substituents is 1. The van der Waals surface area contributed by atoms with Crippen molar-refractivity contribution < 1.29 is 9.34 Å². The van der Waals surface area contributed by atoms with E-state index in [1.54, 1.807) is 12.1 Å². The van der Waals surface area contributed by atoms with Crippen molar-refractivity contribution in [1.29, 1.82) is 0 Å². The summed E-state index contributed by atoms with van der Waals surface area (Å²) in [5, 5.41) is 11.4. The van der Waals surface area contributed by atoms with Crippen LogP contribution in [-0.4, -0.2) is 14.9 Å². The number of fused-ring (bicyclic) bond motifs is 2. The largest absolute Gasteiger partial charge is 0.422 e. The Labute approximate surface area is 128 Å². The first-order valence-electron chi connectivity index (χ1n) is 6.79. The molecule has 2 aromatic heterocycles. The number of H-pyrrole nitrogens is 1. The average Bonchev–Trinajstić information content (AvgIpc) is 2.97. The molecule has 2 heterocycles. The standard InChI is InChI=1S/C16H9N3O4/c20-16-11(15-17-12-3-1-2-4-13(12)18-15)7-9-5-6-10(19(21)22)8-14(9)23-16/h1-8H,(H,17,18). The second-order valence-electron chi connectivity index (χ2n) is 5.03. The molecular weight excluding hydrogens is 298 g/mol. The maximum absolute atomic E-state index is 12.2. The Morgan fingerprint density at radius 3 is 2.74 bits per heavy atom. The number of nitro groups is 1. The molecule has 0 atom stereocenters. The molecule has 0 saturated carbocycles. The van der Waals surface area contributed by atoms with Crippen LogP contribution in [0.15, 0.2) is 57.7 Å². The third-order valence-corrected chi connectivity index (χ3v) is 3.57. The highest BCUT2D eigenvalue weighted by molar-refractivity contribution is 5.84. The second kappa shape index (κ2) is 4.77. The van der Waals surface area contributed by atoms with E-state index < -0.39 is 10.5 Å². The number of imidazole rings is 1. The Balaban J connectivity index is 1.93. The predicted molar refractivity (Wildman–Crippen MR) is 84.2 cm³/mol. The minimum atomic E-state index is -0.600. The number of hydrogen-bond acceptors (Lipinski definition) is 5. The van der Waals surface area contributed by atoms with Gasteiger partial charge in [-0.05, 0) is 24.3 Å². The van der Waals surface area contributed by atoms with E-state index in [-0.39, 0.29) is 16.8 Å². The summed E-state index contributed by atoms with van der Waals surface area (Å²) in [7, 11) is 0. The van der Waals surface area contributed by atoms with E-state index in [1.165, 1.54) is 12.1 Å². The van der Waals surface area contributed by atoms with Crippen molar-refractivity contribution in [1.82, 2.24) is 9.97 Å². The highest BCUT2D eigenvalue weighted by atomic mass is 16.6. The molecule has 1 N–H and O–H groups in total. The number of aromatic nitrogens is 2. The quantitative estimate of drug-likeness (QED) is 0.348. The normalized spacial score (nSPS) is 11.1. The summed E-state index contributed by atoms with van der Waals surface area (Å²) in [6, 6.07) is 13.2. The fourth-order valence-electron chi connectivity index (χ4n) is 2.46. The molecule has 7 heteroatoms. The Kier molecular flexibility index (Phi) is 2.74. The van der Waals surface area contributed by atoms with Crippen LogP contribution in [0.4, 0.5) is 5.69 Å². The molecule has 4 aromatic rings. The molecule has 0 aliphatic carbocycles. The fourth-order valence-corrected chi connectivity index (χ4v) is 2.46. The second-order valence-corrected chi connectivity index (χ2v) is 5.03. The van der Waals surface area contributed by atoms with Crippen molar-refractivity contribution in [3.8, 4) is 11.4 Å². The van der Waals surface area contributed by atoms with Crippen molar-refractivity contribution in [2.24, 2.45) is 0 Å². The molecule has 0 bridgehead atoms. The Bertz CT molecular complexity index is 1090. The van der Waals surface area contributed by atoms with Crippen LogP contribution in [0.25, 0.3) is 33.4 Å². The van der Waals surface area contributed by atoms with Crippen LogP contribution >= 0.6 is 0 Å². The molecule has 23 heavy (non-hydrogen) atoms. The van der Waals surface area contributed by atoms with Gasteiger partial charge in [-0.25, -0.2) is 9.78 Å². The third-order valence-electron chi connectivity index (χ3n) is 3.57. The van der Waals surface area contributed by atoms with Crippen molar-refractivity contribution in [2.45, 2.75) is 0 Å². The van der Waals surface area contributed by atoms with Crippen LogP contribution < -0.4 is 5.63 Å². The molecule has 0 aliphatic rings. The van der Waals surface area contributed by atoms with Gasteiger partial charge in [0.15, 0.2) is 0 Å². The first-order chi connectivity index (χ1) is 11.1. The molecular formula is C16H9N3O4. The highest BCUT2D eigenvalue weighted by Crippen LogP contribution is 2.24. The minimum Gasteiger partial charge on any atom is -0.422 e. The first-order valence-corrected chi connectivity index (χ1v) is 6.79. The lowest BCUT2D eigenvalue weighted by molar-refractivity contribution is -0.384. The Morgan fingerprint density at radius 2 is 1.96 bits per heavy atom. The summed E-state index contributed by atoms with van der Waals surface area (Å²) in [4.78, 5) is 29.9. The lowest BCUT2D eigenvalue weighted by atomic mass is 10.1. The third kappa shape index (κ3) is 2.15. The fraction of sp³-hybridized carbons (Fsp3) is 0. The van der Waals surface area contributed by atoms with Gasteiger partial charge in [-0.2, -0.15) is 0 Å². The molecule has 0 spiro atoms. The number of para-hydroxylation sites is 2. The maximum Gasteiger partial charge on any atom is 0.347 e. The highest BCUT2D eigenvalue weighted by Gasteiger charge is 2.14. The van der Waals surface area contributed by atoms with E-state index in [4.69, 9.17) is 4.42 Å². The molecule has 0 unspecified atom stereocenters. The zero-order valence-electron chi connectivity index (χ0n) is 11.6. The first kappa shape index (κ1) is 13.2. The Hall–Kier alpha value is -3.48. The van der Waals surface area contributed by atoms with E-state index in [9.17, 15) is 14.9 Å². The number of nitrogens with zero attached hydrogens (tertiary/aromatic N) is 2. The van der Waals surface area contributed by atoms with Gasteiger partial charge in [-0.3, -0.25) is 10.1 Å². The summed E-state index contributed by atoms with van der Waals surface area (Å²) in [6.07, 6.45) is 0. The summed E-state index contributed by atoms with van der Waals surface area (Å²) < 4.78 is 5.21. The van der Waals surface area contributed by atoms with Gasteiger partial charge in [0.1, 0.15) is 17.0 Å². The van der Waals surface area contributed by atoms with Crippen molar-refractivity contribution in [3.05, 3.63) is 69.1 Å². The monoisotopic (exact) mass is 307 g/mol. The number of benzene rings is 2. The average molecular weight is 307 g/mol. The number of rotatable bonds is 2. The van der Waals surface area contributed by atoms with Gasteiger partial charge in [-0.15, -0.1) is 0 Å². The van der Waals surface area contributed by atoms with E-state index in [0.29, 0.717) is 11.2 Å². The minimum absolute atomic E-state index is 0.128. The smallest absolute Gasteiger partial charge is 0.347 e. The van der Waals surface area contributed by atoms with Crippen LogP contribution in [0, 0.1) is 10.1 Å². The van der Waals surface area contributed by atoms with Gasteiger partial charge in [0.2, 0.25) is 0 Å². The lowest BCUT2D eigenvalue weighted by Gasteiger charge is -1.99. The van der Waals surface area contributed by atoms with Crippen LogP contribution in [0.2, 0.25) is 0 Å². The molecule has 0 saturated heterocycles. The summed E-state index contributed by atoms with van der Waals surface area (Å²) in [5.74, 6) is 0.403. The van der Waals surface area contributed by atoms with Crippen LogP contribution in [0.3, 0.4) is 0 Å². The lowest BCUT2D eigenvalue weighted by Crippen LogP contribution is -2.03. The summed E-state index contributed by atoms with van der Waals surface area (Å²) >= 11 is 0. The number of hydrogen-bond donors (Lipinski definition) is 1. The Morgan fingerprint density at radius 1 is 1.13 bits per heavy atom. The summed E-state index contributed by atoms with van der Waals surface area (Å²) in [5.41, 5.74) is 1.28. The molecule has 0 radical (unpaired) electrons. The topological polar surface area (TPSA) is 102 Å². The van der Waals surface area contributed by atoms with E-state index >= 15 is 0 Å². The predicted octanol–water partition coefficient (Wildman–Crippen LogP) is 3.24. The van der Waals surface area contributed by atoms with E-state index in [0.717, 1.165) is 11.0 Å².